The van der Waals surface area contributed by atoms with Gasteiger partial charge in [-0.15, -0.1) is 0 Å². The van der Waals surface area contributed by atoms with Gasteiger partial charge in [0.25, 0.3) is 0 Å². The van der Waals surface area contributed by atoms with E-state index in [1.807, 2.05) is 0 Å². The zero-order valence-corrected chi connectivity index (χ0v) is 10.7. The van der Waals surface area contributed by atoms with E-state index in [0.29, 0.717) is 6.08 Å². The minimum absolute atomic E-state index is 0.572. The first-order valence-corrected chi connectivity index (χ1v) is 5.43. The van der Waals surface area contributed by atoms with E-state index in [4.69, 9.17) is 0 Å². The summed E-state index contributed by atoms with van der Waals surface area (Å²) in [4.78, 5) is 21.4. The summed E-state index contributed by atoms with van der Waals surface area (Å²) in [7, 11) is 0. The number of hydrogen-bond donors (Lipinski definition) is 0. The Morgan fingerprint density at radius 1 is 1.10 bits per heavy atom. The lowest BCUT2D eigenvalue weighted by atomic mass is 10.1. The third-order valence-electron chi connectivity index (χ3n) is 2.13. The van der Waals surface area contributed by atoms with Crippen molar-refractivity contribution in [1.29, 1.82) is 0 Å². The monoisotopic (exact) mass is 298 g/mol. The van der Waals surface area contributed by atoms with Gasteiger partial charge in [0, 0.05) is 12.2 Å². The first-order chi connectivity index (χ1) is 9.05. The summed E-state index contributed by atoms with van der Waals surface area (Å²) in [6.07, 6.45) is -1.59. The quantitative estimate of drug-likeness (QED) is 0.392. The predicted molar refractivity (Wildman–Crippen MR) is 61.4 cm³/mol. The van der Waals surface area contributed by atoms with Gasteiger partial charge in [-0.2, -0.15) is 17.6 Å². The molecule has 0 radical (unpaired) electrons. The van der Waals surface area contributed by atoms with Crippen molar-refractivity contribution in [2.75, 3.05) is 6.61 Å². The molecular weight excluding hydrogens is 284 g/mol. The molecule has 0 saturated heterocycles. The number of alkyl halides is 4. The standard InChI is InChI=1S/C12H14F4O4/c1-4-9(17)19-7-12(15,16)11(13,14)6-8(3)20-10(18)5-2/h4-5,8H,1-2,6-7H2,3H3/t8-/m0/s1. The molecule has 0 aromatic carbocycles. The van der Waals surface area contributed by atoms with Crippen molar-refractivity contribution < 1.29 is 36.6 Å². The molecule has 0 aliphatic rings. The average Bonchev–Trinajstić information content (AvgIpc) is 2.34. The Hall–Kier alpha value is -1.86. The van der Waals surface area contributed by atoms with Crippen molar-refractivity contribution in [1.82, 2.24) is 0 Å². The Morgan fingerprint density at radius 3 is 2.05 bits per heavy atom. The molecule has 0 aliphatic carbocycles. The Bertz CT molecular complexity index is 393. The van der Waals surface area contributed by atoms with Gasteiger partial charge in [0.05, 0.1) is 6.42 Å². The van der Waals surface area contributed by atoms with E-state index in [1.54, 1.807) is 0 Å². The van der Waals surface area contributed by atoms with Gasteiger partial charge in [-0.05, 0) is 6.92 Å². The lowest BCUT2D eigenvalue weighted by Gasteiger charge is -2.27. The molecule has 8 heteroatoms. The summed E-state index contributed by atoms with van der Waals surface area (Å²) in [6, 6.07) is 0. The summed E-state index contributed by atoms with van der Waals surface area (Å²) in [5.74, 6) is -11.4. The van der Waals surface area contributed by atoms with Gasteiger partial charge in [0.2, 0.25) is 0 Å². The van der Waals surface area contributed by atoms with E-state index in [0.717, 1.165) is 13.0 Å². The van der Waals surface area contributed by atoms with Crippen molar-refractivity contribution in [3.63, 3.8) is 0 Å². The Kier molecular flexibility index (Phi) is 6.41. The molecule has 0 heterocycles. The molecule has 1 atom stereocenters. The Labute approximate surface area is 113 Å². The first-order valence-electron chi connectivity index (χ1n) is 5.43. The van der Waals surface area contributed by atoms with E-state index in [2.05, 4.69) is 22.6 Å². The fourth-order valence-corrected chi connectivity index (χ4v) is 1.12. The van der Waals surface area contributed by atoms with Crippen LogP contribution < -0.4 is 0 Å². The maximum atomic E-state index is 13.4. The second kappa shape index (κ2) is 7.06. The van der Waals surface area contributed by atoms with Crippen LogP contribution in [0, 0.1) is 0 Å². The molecule has 0 unspecified atom stereocenters. The van der Waals surface area contributed by atoms with E-state index < -0.39 is 42.9 Å². The lowest BCUT2D eigenvalue weighted by Crippen LogP contribution is -2.46. The zero-order chi connectivity index (χ0) is 16.0. The molecule has 0 saturated carbocycles. The van der Waals surface area contributed by atoms with Gasteiger partial charge < -0.3 is 9.47 Å². The van der Waals surface area contributed by atoms with Crippen LogP contribution in [0.5, 0.6) is 0 Å². The molecule has 0 rings (SSSR count). The van der Waals surface area contributed by atoms with Crippen molar-refractivity contribution in [2.24, 2.45) is 0 Å². The molecular formula is C12H14F4O4. The van der Waals surface area contributed by atoms with Gasteiger partial charge in [0.1, 0.15) is 6.10 Å². The lowest BCUT2D eigenvalue weighted by molar-refractivity contribution is -0.240. The highest BCUT2D eigenvalue weighted by Crippen LogP contribution is 2.38. The summed E-state index contributed by atoms with van der Waals surface area (Å²) < 4.78 is 61.6. The molecule has 0 aromatic heterocycles. The van der Waals surface area contributed by atoms with Crippen LogP contribution in [0.1, 0.15) is 13.3 Å². The summed E-state index contributed by atoms with van der Waals surface area (Å²) in [6.45, 7) is 5.21. The fraction of sp³-hybridized carbons (Fsp3) is 0.500. The van der Waals surface area contributed by atoms with E-state index in [9.17, 15) is 27.2 Å². The maximum Gasteiger partial charge on any atom is 0.343 e. The van der Waals surface area contributed by atoms with Crippen molar-refractivity contribution >= 4 is 11.9 Å². The molecule has 0 spiro atoms. The van der Waals surface area contributed by atoms with E-state index in [-0.39, 0.29) is 0 Å². The average molecular weight is 298 g/mol. The molecule has 0 N–H and O–H groups in total. The molecule has 4 nitrogen and oxygen atoms in total. The number of ether oxygens (including phenoxy) is 2. The smallest absolute Gasteiger partial charge is 0.343 e. The second-order valence-electron chi connectivity index (χ2n) is 3.88. The van der Waals surface area contributed by atoms with Crippen LogP contribution in [0.25, 0.3) is 0 Å². The third-order valence-corrected chi connectivity index (χ3v) is 2.13. The van der Waals surface area contributed by atoms with Crippen LogP contribution in [-0.4, -0.2) is 36.5 Å². The number of hydrogen-bond acceptors (Lipinski definition) is 4. The van der Waals surface area contributed by atoms with Gasteiger partial charge in [-0.1, -0.05) is 13.2 Å². The minimum Gasteiger partial charge on any atom is -0.459 e. The van der Waals surface area contributed by atoms with Gasteiger partial charge in [-0.25, -0.2) is 9.59 Å². The van der Waals surface area contributed by atoms with Crippen LogP contribution in [0.2, 0.25) is 0 Å². The third kappa shape index (κ3) is 5.41. The predicted octanol–water partition coefficient (Wildman–Crippen LogP) is 2.49. The normalized spacial score (nSPS) is 13.2. The van der Waals surface area contributed by atoms with Crippen molar-refractivity contribution in [3.8, 4) is 0 Å². The van der Waals surface area contributed by atoms with Gasteiger partial charge in [0.15, 0.2) is 6.61 Å². The van der Waals surface area contributed by atoms with Crippen LogP contribution in [0.3, 0.4) is 0 Å². The number of carbonyl (C=O) groups is 2. The van der Waals surface area contributed by atoms with Gasteiger partial charge >= 0.3 is 23.8 Å². The van der Waals surface area contributed by atoms with Gasteiger partial charge in [-0.3, -0.25) is 0 Å². The largest absolute Gasteiger partial charge is 0.459 e. The van der Waals surface area contributed by atoms with Crippen LogP contribution in [0.15, 0.2) is 25.3 Å². The van der Waals surface area contributed by atoms with Crippen molar-refractivity contribution in [2.45, 2.75) is 31.3 Å². The summed E-state index contributed by atoms with van der Waals surface area (Å²) in [5.41, 5.74) is 0. The zero-order valence-electron chi connectivity index (χ0n) is 10.7. The highest BCUT2D eigenvalue weighted by atomic mass is 19.3. The number of rotatable bonds is 8. The maximum absolute atomic E-state index is 13.4. The summed E-state index contributed by atoms with van der Waals surface area (Å²) in [5, 5.41) is 0. The number of halogens is 4. The molecule has 114 valence electrons. The Balaban J connectivity index is 4.65. The van der Waals surface area contributed by atoms with E-state index >= 15 is 0 Å². The molecule has 0 aliphatic heterocycles. The summed E-state index contributed by atoms with van der Waals surface area (Å²) >= 11 is 0. The topological polar surface area (TPSA) is 52.6 Å². The molecule has 0 aromatic rings. The first kappa shape index (κ1) is 18.1. The molecule has 20 heavy (non-hydrogen) atoms. The van der Waals surface area contributed by atoms with Crippen LogP contribution >= 0.6 is 0 Å². The second-order valence-corrected chi connectivity index (χ2v) is 3.88. The minimum atomic E-state index is -4.60. The molecule has 0 amide bonds. The highest BCUT2D eigenvalue weighted by molar-refractivity contribution is 5.81. The Morgan fingerprint density at radius 2 is 1.60 bits per heavy atom. The highest BCUT2D eigenvalue weighted by Gasteiger charge is 2.57. The number of carbonyl (C=O) groups excluding carboxylic acids is 2. The van der Waals surface area contributed by atoms with Crippen molar-refractivity contribution in [3.05, 3.63) is 25.3 Å². The molecule has 0 fully saturated rings. The molecule has 0 bridgehead atoms. The SMILES string of the molecule is C=CC(=O)OCC(F)(F)C(F)(F)C[C@H](C)OC(=O)C=C. The fourth-order valence-electron chi connectivity index (χ4n) is 1.12. The van der Waals surface area contributed by atoms with Crippen LogP contribution in [0.4, 0.5) is 17.6 Å². The number of esters is 2. The van der Waals surface area contributed by atoms with Crippen LogP contribution in [-0.2, 0) is 19.1 Å². The van der Waals surface area contributed by atoms with E-state index in [1.165, 1.54) is 0 Å².